The summed E-state index contributed by atoms with van der Waals surface area (Å²) in [6.45, 7) is 2.04. The van der Waals surface area contributed by atoms with Crippen LogP contribution in [0.15, 0.2) is 24.3 Å². The second kappa shape index (κ2) is 6.79. The summed E-state index contributed by atoms with van der Waals surface area (Å²) in [6.07, 6.45) is 1.79. The van der Waals surface area contributed by atoms with Gasteiger partial charge in [0.15, 0.2) is 0 Å². The lowest BCUT2D eigenvalue weighted by Gasteiger charge is -2.13. The Balaban J connectivity index is 1.72. The number of thioether (sulfide) groups is 1. The van der Waals surface area contributed by atoms with E-state index in [0.717, 1.165) is 18.6 Å². The zero-order chi connectivity index (χ0) is 14.5. The van der Waals surface area contributed by atoms with E-state index in [-0.39, 0.29) is 11.8 Å². The molecule has 1 aliphatic carbocycles. The van der Waals surface area contributed by atoms with Crippen molar-refractivity contribution in [1.82, 2.24) is 5.32 Å². The van der Waals surface area contributed by atoms with Crippen LogP contribution in [0.1, 0.15) is 24.0 Å². The average molecular weight is 293 g/mol. The van der Waals surface area contributed by atoms with E-state index in [9.17, 15) is 9.59 Å². The lowest BCUT2D eigenvalue weighted by atomic mass is 10.2. The highest BCUT2D eigenvalue weighted by Crippen LogP contribution is 2.32. The molecule has 1 aromatic rings. The summed E-state index contributed by atoms with van der Waals surface area (Å²) >= 11 is 1.50. The molecule has 4 nitrogen and oxygen atoms in total. The molecule has 1 amide bonds. The zero-order valence-corrected chi connectivity index (χ0v) is 12.3. The number of carbonyl (C=O) groups excluding carboxylic acids is 1. The van der Waals surface area contributed by atoms with Gasteiger partial charge in [0.2, 0.25) is 5.91 Å². The number of carbonyl (C=O) groups is 2. The highest BCUT2D eigenvalue weighted by Gasteiger charge is 2.37. The Hall–Kier alpha value is -1.49. The van der Waals surface area contributed by atoms with Gasteiger partial charge in [-0.05, 0) is 31.2 Å². The molecule has 1 aromatic carbocycles. The summed E-state index contributed by atoms with van der Waals surface area (Å²) in [5.41, 5.74) is 2.38. The van der Waals surface area contributed by atoms with Crippen LogP contribution >= 0.6 is 11.8 Å². The zero-order valence-electron chi connectivity index (χ0n) is 11.5. The molecule has 108 valence electrons. The van der Waals surface area contributed by atoms with Gasteiger partial charge in [0, 0.05) is 5.75 Å². The number of rotatable bonds is 7. The molecule has 0 aliphatic heterocycles. The molecular weight excluding hydrogens is 274 g/mol. The van der Waals surface area contributed by atoms with Gasteiger partial charge in [0.25, 0.3) is 0 Å². The fourth-order valence-electron chi connectivity index (χ4n) is 1.97. The van der Waals surface area contributed by atoms with Gasteiger partial charge in [-0.3, -0.25) is 4.79 Å². The number of hydrogen-bond donors (Lipinski definition) is 2. The van der Waals surface area contributed by atoms with E-state index >= 15 is 0 Å². The molecule has 2 N–H and O–H groups in total. The molecular formula is C15H19NO3S. The molecule has 1 saturated carbocycles. The lowest BCUT2D eigenvalue weighted by Crippen LogP contribution is -2.43. The van der Waals surface area contributed by atoms with Gasteiger partial charge in [0.05, 0.1) is 5.75 Å². The number of carboxylic acid groups (broad SMARTS) is 1. The fraction of sp³-hybridized carbons (Fsp3) is 0.467. The topological polar surface area (TPSA) is 66.4 Å². The molecule has 0 spiro atoms. The van der Waals surface area contributed by atoms with E-state index in [1.165, 1.54) is 22.9 Å². The summed E-state index contributed by atoms with van der Waals surface area (Å²) in [5.74, 6) is 0.0588. The van der Waals surface area contributed by atoms with E-state index in [4.69, 9.17) is 5.11 Å². The van der Waals surface area contributed by atoms with Gasteiger partial charge in [-0.25, -0.2) is 4.79 Å². The highest BCUT2D eigenvalue weighted by molar-refractivity contribution is 7.99. The van der Waals surface area contributed by atoms with Crippen LogP contribution in [0.3, 0.4) is 0 Å². The van der Waals surface area contributed by atoms with Gasteiger partial charge in [-0.1, -0.05) is 29.8 Å². The van der Waals surface area contributed by atoms with Crippen molar-refractivity contribution >= 4 is 23.6 Å². The third-order valence-electron chi connectivity index (χ3n) is 3.30. The highest BCUT2D eigenvalue weighted by atomic mass is 32.2. The molecule has 1 fully saturated rings. The first-order chi connectivity index (χ1) is 9.56. The maximum Gasteiger partial charge on any atom is 0.326 e. The summed E-state index contributed by atoms with van der Waals surface area (Å²) in [5, 5.41) is 11.7. The minimum absolute atomic E-state index is 0.124. The van der Waals surface area contributed by atoms with E-state index in [1.807, 2.05) is 31.2 Å². The summed E-state index contributed by atoms with van der Waals surface area (Å²) < 4.78 is 0. The van der Waals surface area contributed by atoms with Gasteiger partial charge in [-0.15, -0.1) is 11.8 Å². The monoisotopic (exact) mass is 293 g/mol. The first kappa shape index (κ1) is 14.9. The smallest absolute Gasteiger partial charge is 0.326 e. The second-order valence-electron chi connectivity index (χ2n) is 5.20. The lowest BCUT2D eigenvalue weighted by molar-refractivity contribution is -0.142. The predicted molar refractivity (Wildman–Crippen MR) is 79.6 cm³/mol. The molecule has 2 rings (SSSR count). The van der Waals surface area contributed by atoms with Crippen molar-refractivity contribution < 1.29 is 14.7 Å². The van der Waals surface area contributed by atoms with Crippen molar-refractivity contribution in [3.63, 3.8) is 0 Å². The van der Waals surface area contributed by atoms with Crippen LogP contribution in [0.2, 0.25) is 0 Å². The Morgan fingerprint density at radius 1 is 1.35 bits per heavy atom. The first-order valence-corrected chi connectivity index (χ1v) is 7.87. The Morgan fingerprint density at radius 3 is 2.55 bits per heavy atom. The van der Waals surface area contributed by atoms with Crippen molar-refractivity contribution in [3.05, 3.63) is 35.4 Å². The number of carboxylic acids is 1. The molecule has 0 heterocycles. The van der Waals surface area contributed by atoms with Crippen LogP contribution in [0.4, 0.5) is 0 Å². The van der Waals surface area contributed by atoms with Crippen molar-refractivity contribution in [3.8, 4) is 0 Å². The summed E-state index contributed by atoms with van der Waals surface area (Å²) in [4.78, 5) is 22.8. The molecule has 5 heteroatoms. The Labute approximate surface area is 123 Å². The predicted octanol–water partition coefficient (Wildman–Crippen LogP) is 2.21. The maximum absolute atomic E-state index is 11.7. The number of hydrogen-bond acceptors (Lipinski definition) is 3. The number of amides is 1. The molecule has 1 unspecified atom stereocenters. The largest absolute Gasteiger partial charge is 0.480 e. The van der Waals surface area contributed by atoms with Gasteiger partial charge in [-0.2, -0.15) is 0 Å². The van der Waals surface area contributed by atoms with Gasteiger partial charge in [0.1, 0.15) is 6.04 Å². The fourth-order valence-corrected chi connectivity index (χ4v) is 2.77. The molecule has 0 aromatic heterocycles. The minimum atomic E-state index is -0.926. The standard InChI is InChI=1S/C15H19NO3S/c1-10-2-4-11(5-3-10)8-20-9-13(17)16-14(15(18)19)12-6-7-12/h2-5,12,14H,6-9H2,1H3,(H,16,17)(H,18,19). The van der Waals surface area contributed by atoms with Gasteiger partial charge >= 0.3 is 5.97 Å². The van der Waals surface area contributed by atoms with E-state index in [2.05, 4.69) is 5.32 Å². The molecule has 0 bridgehead atoms. The number of nitrogens with one attached hydrogen (secondary N) is 1. The molecule has 0 saturated heterocycles. The Morgan fingerprint density at radius 2 is 2.00 bits per heavy atom. The van der Waals surface area contributed by atoms with Gasteiger partial charge < -0.3 is 10.4 Å². The molecule has 0 radical (unpaired) electrons. The SMILES string of the molecule is Cc1ccc(CSCC(=O)NC(C(=O)O)C2CC2)cc1. The van der Waals surface area contributed by atoms with Crippen molar-refractivity contribution in [2.45, 2.75) is 31.6 Å². The quantitative estimate of drug-likeness (QED) is 0.809. The number of aliphatic carboxylic acids is 1. The van der Waals surface area contributed by atoms with Crippen LogP contribution in [0, 0.1) is 12.8 Å². The second-order valence-corrected chi connectivity index (χ2v) is 6.18. The number of aryl methyl sites for hydroxylation is 1. The van der Waals surface area contributed by atoms with Crippen molar-refractivity contribution in [1.29, 1.82) is 0 Å². The van der Waals surface area contributed by atoms with Crippen LogP contribution in [0.5, 0.6) is 0 Å². The Kier molecular flexibility index (Phi) is 5.06. The average Bonchev–Trinajstić information content (AvgIpc) is 3.22. The number of benzene rings is 1. The molecule has 1 atom stereocenters. The first-order valence-electron chi connectivity index (χ1n) is 6.71. The maximum atomic E-state index is 11.7. The van der Waals surface area contributed by atoms with Crippen LogP contribution < -0.4 is 5.32 Å². The third kappa shape index (κ3) is 4.56. The van der Waals surface area contributed by atoms with Crippen molar-refractivity contribution in [2.75, 3.05) is 5.75 Å². The van der Waals surface area contributed by atoms with E-state index in [0.29, 0.717) is 5.75 Å². The van der Waals surface area contributed by atoms with Crippen molar-refractivity contribution in [2.24, 2.45) is 5.92 Å². The molecule has 20 heavy (non-hydrogen) atoms. The normalized spacial score (nSPS) is 15.7. The van der Waals surface area contributed by atoms with Crippen LogP contribution in [0.25, 0.3) is 0 Å². The van der Waals surface area contributed by atoms with Crippen LogP contribution in [-0.2, 0) is 15.3 Å². The third-order valence-corrected chi connectivity index (χ3v) is 4.30. The minimum Gasteiger partial charge on any atom is -0.480 e. The summed E-state index contributed by atoms with van der Waals surface area (Å²) in [7, 11) is 0. The van der Waals surface area contributed by atoms with E-state index < -0.39 is 12.0 Å². The Bertz CT molecular complexity index is 482. The van der Waals surface area contributed by atoms with E-state index in [1.54, 1.807) is 0 Å². The molecule has 1 aliphatic rings. The van der Waals surface area contributed by atoms with Crippen LogP contribution in [-0.4, -0.2) is 28.8 Å². The summed E-state index contributed by atoms with van der Waals surface area (Å²) in [6, 6.07) is 7.48.